The summed E-state index contributed by atoms with van der Waals surface area (Å²) in [6.45, 7) is 11.8. The third-order valence-corrected chi connectivity index (χ3v) is 3.73. The van der Waals surface area contributed by atoms with Crippen molar-refractivity contribution in [2.75, 3.05) is 18.1 Å². The van der Waals surface area contributed by atoms with Gasteiger partial charge in [0.05, 0.1) is 6.04 Å². The number of hydrogen-bond acceptors (Lipinski definition) is 3. The molecule has 1 aliphatic heterocycles. The van der Waals surface area contributed by atoms with E-state index in [0.717, 1.165) is 24.5 Å². The molecule has 0 radical (unpaired) electrons. The van der Waals surface area contributed by atoms with Gasteiger partial charge in [0.2, 0.25) is 5.91 Å². The summed E-state index contributed by atoms with van der Waals surface area (Å²) >= 11 is 1.85. The summed E-state index contributed by atoms with van der Waals surface area (Å²) in [4.78, 5) is 12.1. The van der Waals surface area contributed by atoms with Gasteiger partial charge in [-0.1, -0.05) is 20.8 Å². The van der Waals surface area contributed by atoms with Gasteiger partial charge < -0.3 is 10.6 Å². The molecule has 0 aliphatic carbocycles. The van der Waals surface area contributed by atoms with Crippen LogP contribution in [0, 0.1) is 5.41 Å². The second kappa shape index (κ2) is 5.61. The van der Waals surface area contributed by atoms with Crippen molar-refractivity contribution in [1.29, 1.82) is 0 Å². The minimum absolute atomic E-state index is 0.0204. The van der Waals surface area contributed by atoms with Gasteiger partial charge in [0.1, 0.15) is 0 Å². The smallest absolute Gasteiger partial charge is 0.238 e. The van der Waals surface area contributed by atoms with Crippen LogP contribution >= 0.6 is 11.8 Å². The Morgan fingerprint density at radius 3 is 2.47 bits per heavy atom. The molecule has 1 fully saturated rings. The quantitative estimate of drug-likeness (QED) is 0.814. The fourth-order valence-electron chi connectivity index (χ4n) is 2.52. The summed E-state index contributed by atoms with van der Waals surface area (Å²) < 4.78 is 0. The summed E-state index contributed by atoms with van der Waals surface area (Å²) in [5, 5.41) is 6.44. The van der Waals surface area contributed by atoms with E-state index in [1.807, 2.05) is 11.8 Å². The van der Waals surface area contributed by atoms with E-state index in [-0.39, 0.29) is 22.9 Å². The van der Waals surface area contributed by atoms with Gasteiger partial charge in [-0.3, -0.25) is 4.79 Å². The van der Waals surface area contributed by atoms with Crippen LogP contribution in [0.5, 0.6) is 0 Å². The van der Waals surface area contributed by atoms with E-state index in [4.69, 9.17) is 0 Å². The highest BCUT2D eigenvalue weighted by atomic mass is 32.2. The third kappa shape index (κ3) is 5.77. The van der Waals surface area contributed by atoms with Crippen molar-refractivity contribution in [3.05, 3.63) is 0 Å². The summed E-state index contributed by atoms with van der Waals surface area (Å²) in [7, 11) is 0. The largest absolute Gasteiger partial charge is 0.350 e. The Morgan fingerprint density at radius 2 is 2.00 bits per heavy atom. The normalized spacial score (nSPS) is 22.3. The molecule has 0 aromatic rings. The topological polar surface area (TPSA) is 41.1 Å². The molecule has 1 amide bonds. The van der Waals surface area contributed by atoms with Crippen molar-refractivity contribution in [1.82, 2.24) is 10.6 Å². The third-order valence-electron chi connectivity index (χ3n) is 2.67. The number of amides is 1. The van der Waals surface area contributed by atoms with Crippen LogP contribution < -0.4 is 10.6 Å². The molecule has 2 N–H and O–H groups in total. The predicted octanol–water partition coefficient (Wildman–Crippen LogP) is 2.02. The van der Waals surface area contributed by atoms with Crippen molar-refractivity contribution >= 4 is 17.7 Å². The van der Waals surface area contributed by atoms with Gasteiger partial charge in [0.25, 0.3) is 0 Å². The number of carbonyl (C=O) groups is 1. The molecular formula is C13H26N2OS. The van der Waals surface area contributed by atoms with E-state index in [1.165, 1.54) is 0 Å². The molecule has 0 bridgehead atoms. The molecule has 1 saturated heterocycles. The van der Waals surface area contributed by atoms with Gasteiger partial charge in [0.15, 0.2) is 0 Å². The van der Waals surface area contributed by atoms with Crippen LogP contribution in [0.4, 0.5) is 0 Å². The fraction of sp³-hybridized carbons (Fsp3) is 0.923. The zero-order valence-electron chi connectivity index (χ0n) is 11.7. The molecule has 1 heterocycles. The van der Waals surface area contributed by atoms with E-state index in [1.54, 1.807) is 0 Å². The first-order chi connectivity index (χ1) is 7.70. The first kappa shape index (κ1) is 14.8. The SMILES string of the molecule is CC(C)(C)CC(C)(C)NC(=O)C1CSCCN1. The summed E-state index contributed by atoms with van der Waals surface area (Å²) in [5.74, 6) is 2.14. The van der Waals surface area contributed by atoms with Crippen LogP contribution in [0.15, 0.2) is 0 Å². The first-order valence-electron chi connectivity index (χ1n) is 6.33. The lowest BCUT2D eigenvalue weighted by molar-refractivity contribution is -0.124. The minimum atomic E-state index is -0.140. The lowest BCUT2D eigenvalue weighted by Gasteiger charge is -2.35. The molecule has 1 unspecified atom stereocenters. The molecule has 3 nitrogen and oxygen atoms in total. The Balaban J connectivity index is 2.48. The molecule has 1 aliphatic rings. The van der Waals surface area contributed by atoms with Crippen LogP contribution in [0.3, 0.4) is 0 Å². The molecule has 0 spiro atoms. The maximum absolute atomic E-state index is 12.1. The van der Waals surface area contributed by atoms with E-state index < -0.39 is 0 Å². The van der Waals surface area contributed by atoms with Crippen LogP contribution in [0.2, 0.25) is 0 Å². The molecule has 1 atom stereocenters. The highest BCUT2D eigenvalue weighted by Crippen LogP contribution is 2.26. The Kier molecular flexibility index (Phi) is 4.90. The van der Waals surface area contributed by atoms with Crippen molar-refractivity contribution in [3.8, 4) is 0 Å². The average molecular weight is 258 g/mol. The summed E-state index contributed by atoms with van der Waals surface area (Å²) in [6.07, 6.45) is 0.978. The maximum Gasteiger partial charge on any atom is 0.238 e. The van der Waals surface area contributed by atoms with Gasteiger partial charge >= 0.3 is 0 Å². The highest BCUT2D eigenvalue weighted by Gasteiger charge is 2.30. The van der Waals surface area contributed by atoms with Crippen molar-refractivity contribution < 1.29 is 4.79 Å². The Labute approximate surface area is 109 Å². The molecule has 100 valence electrons. The standard InChI is InChI=1S/C13H26N2OS/c1-12(2,3)9-13(4,5)15-11(16)10-8-17-7-6-14-10/h10,14H,6-9H2,1-5H3,(H,15,16). The second-order valence-corrected chi connectivity index (χ2v) is 7.84. The van der Waals surface area contributed by atoms with Crippen LogP contribution in [0.25, 0.3) is 0 Å². The van der Waals surface area contributed by atoms with E-state index in [2.05, 4.69) is 45.3 Å². The molecule has 0 aromatic carbocycles. The molecule has 1 rings (SSSR count). The summed E-state index contributed by atoms with van der Waals surface area (Å²) in [6, 6.07) is -0.0204. The zero-order chi connectivity index (χ0) is 13.1. The first-order valence-corrected chi connectivity index (χ1v) is 7.48. The van der Waals surface area contributed by atoms with E-state index in [0.29, 0.717) is 0 Å². The van der Waals surface area contributed by atoms with Crippen LogP contribution in [-0.2, 0) is 4.79 Å². The molecule has 0 aromatic heterocycles. The Hall–Kier alpha value is -0.220. The second-order valence-electron chi connectivity index (χ2n) is 6.69. The number of carbonyl (C=O) groups excluding carboxylic acids is 1. The van der Waals surface area contributed by atoms with Gasteiger partial charge in [-0.05, 0) is 25.7 Å². The zero-order valence-corrected chi connectivity index (χ0v) is 12.5. The molecule has 4 heteroatoms. The number of nitrogens with one attached hydrogen (secondary N) is 2. The lowest BCUT2D eigenvalue weighted by Crippen LogP contribution is -2.55. The van der Waals surface area contributed by atoms with Gasteiger partial charge in [-0.15, -0.1) is 0 Å². The Morgan fingerprint density at radius 1 is 1.35 bits per heavy atom. The monoisotopic (exact) mass is 258 g/mol. The number of rotatable bonds is 3. The van der Waals surface area contributed by atoms with Gasteiger partial charge in [0, 0.05) is 23.6 Å². The molecule has 0 saturated carbocycles. The summed E-state index contributed by atoms with van der Waals surface area (Å²) in [5.41, 5.74) is 0.0879. The van der Waals surface area contributed by atoms with Crippen LogP contribution in [-0.4, -0.2) is 35.5 Å². The molecular weight excluding hydrogens is 232 g/mol. The Bertz CT molecular complexity index is 265. The molecule has 17 heavy (non-hydrogen) atoms. The van der Waals surface area contributed by atoms with Gasteiger partial charge in [-0.2, -0.15) is 11.8 Å². The predicted molar refractivity (Wildman–Crippen MR) is 75.4 cm³/mol. The lowest BCUT2D eigenvalue weighted by atomic mass is 9.81. The van der Waals surface area contributed by atoms with Crippen molar-refractivity contribution in [3.63, 3.8) is 0 Å². The van der Waals surface area contributed by atoms with Crippen molar-refractivity contribution in [2.45, 2.75) is 52.6 Å². The number of thioether (sulfide) groups is 1. The average Bonchev–Trinajstić information content (AvgIpc) is 2.14. The van der Waals surface area contributed by atoms with E-state index >= 15 is 0 Å². The number of hydrogen-bond donors (Lipinski definition) is 2. The minimum Gasteiger partial charge on any atom is -0.350 e. The highest BCUT2D eigenvalue weighted by molar-refractivity contribution is 7.99. The maximum atomic E-state index is 12.1. The fourth-order valence-corrected chi connectivity index (χ4v) is 3.46. The van der Waals surface area contributed by atoms with Gasteiger partial charge in [-0.25, -0.2) is 0 Å². The van der Waals surface area contributed by atoms with Crippen LogP contribution in [0.1, 0.15) is 41.0 Å². The van der Waals surface area contributed by atoms with Crippen molar-refractivity contribution in [2.24, 2.45) is 5.41 Å². The van der Waals surface area contributed by atoms with E-state index in [9.17, 15) is 4.79 Å².